The molecule has 2 aromatic carbocycles. The molecule has 4 rings (SSSR count). The van der Waals surface area contributed by atoms with Crippen molar-refractivity contribution in [1.82, 2.24) is 4.90 Å². The van der Waals surface area contributed by atoms with Crippen LogP contribution in [0.1, 0.15) is 66.9 Å². The molecular formula is C26H30F3NO3. The monoisotopic (exact) mass is 461 g/mol. The number of rotatable bonds is 6. The fourth-order valence-electron chi connectivity index (χ4n) is 5.00. The Morgan fingerprint density at radius 2 is 1.52 bits per heavy atom. The van der Waals surface area contributed by atoms with Gasteiger partial charge in [-0.2, -0.15) is 13.2 Å². The number of alkyl halides is 3. The van der Waals surface area contributed by atoms with Crippen LogP contribution in [0.15, 0.2) is 54.6 Å². The molecule has 2 aliphatic rings. The molecule has 2 saturated carbocycles. The van der Waals surface area contributed by atoms with Gasteiger partial charge in [-0.3, -0.25) is 4.79 Å². The molecule has 4 nitrogen and oxygen atoms in total. The Kier molecular flexibility index (Phi) is 6.31. The maximum absolute atomic E-state index is 13.4. The average molecular weight is 462 g/mol. The van der Waals surface area contributed by atoms with Gasteiger partial charge in [0, 0.05) is 23.1 Å². The third-order valence-electron chi connectivity index (χ3n) is 7.42. The van der Waals surface area contributed by atoms with Crippen LogP contribution in [0.5, 0.6) is 0 Å². The van der Waals surface area contributed by atoms with E-state index in [0.717, 1.165) is 44.1 Å². The van der Waals surface area contributed by atoms with Crippen molar-refractivity contribution in [2.24, 2.45) is 0 Å². The number of amides is 1. The number of aliphatic hydroxyl groups is 2. The highest BCUT2D eigenvalue weighted by molar-refractivity contribution is 5.95. The Morgan fingerprint density at radius 3 is 2.00 bits per heavy atom. The summed E-state index contributed by atoms with van der Waals surface area (Å²) in [5.41, 5.74) is -2.13. The highest BCUT2D eigenvalue weighted by Gasteiger charge is 2.51. The van der Waals surface area contributed by atoms with Gasteiger partial charge in [-0.25, -0.2) is 0 Å². The summed E-state index contributed by atoms with van der Waals surface area (Å²) in [6.45, 7) is 0.768. The molecule has 2 fully saturated rings. The Morgan fingerprint density at radius 1 is 0.970 bits per heavy atom. The van der Waals surface area contributed by atoms with Crippen LogP contribution in [0, 0.1) is 0 Å². The molecule has 1 amide bonds. The van der Waals surface area contributed by atoms with E-state index in [0.29, 0.717) is 12.5 Å². The molecule has 2 N–H and O–H groups in total. The Labute approximate surface area is 192 Å². The number of carbonyl (C=O) groups excluding carboxylic acids is 1. The quantitative estimate of drug-likeness (QED) is 0.641. The normalized spacial score (nSPS) is 25.3. The number of aliphatic hydroxyl groups excluding tert-OH is 1. The summed E-state index contributed by atoms with van der Waals surface area (Å²) in [5, 5.41) is 20.1. The van der Waals surface area contributed by atoms with Crippen LogP contribution in [-0.4, -0.2) is 45.9 Å². The second-order valence-electron chi connectivity index (χ2n) is 9.63. The number of hydrogen-bond acceptors (Lipinski definition) is 3. The molecule has 0 heterocycles. The van der Waals surface area contributed by atoms with Crippen LogP contribution in [0.4, 0.5) is 13.2 Å². The lowest BCUT2D eigenvalue weighted by molar-refractivity contribution is -0.258. The summed E-state index contributed by atoms with van der Waals surface area (Å²) in [5.74, 6) is -0.183. The fourth-order valence-corrected chi connectivity index (χ4v) is 5.00. The van der Waals surface area contributed by atoms with Gasteiger partial charge < -0.3 is 15.1 Å². The van der Waals surface area contributed by atoms with Crippen LogP contribution >= 0.6 is 0 Å². The standard InChI is InChI=1S/C26H30F3NO3/c1-24(33,26(27,28)29)19-9-7-18(8-10-19)23(32)30(21-11-12-21)22-13-15-25(17-31,16-14-22)20-5-3-2-4-6-20/h2-10,21-22,31,33H,11-17H2,1H3/t22-,24-,25+/m0/s1. The minimum Gasteiger partial charge on any atom is -0.395 e. The van der Waals surface area contributed by atoms with Crippen molar-refractivity contribution < 1.29 is 28.2 Å². The maximum Gasteiger partial charge on any atom is 0.421 e. The highest BCUT2D eigenvalue weighted by Crippen LogP contribution is 2.43. The second kappa shape index (κ2) is 8.76. The summed E-state index contributed by atoms with van der Waals surface area (Å²) in [6, 6.07) is 15.3. The van der Waals surface area contributed by atoms with E-state index < -0.39 is 11.8 Å². The largest absolute Gasteiger partial charge is 0.421 e. The zero-order valence-electron chi connectivity index (χ0n) is 18.7. The van der Waals surface area contributed by atoms with Crippen molar-refractivity contribution in [3.05, 3.63) is 71.3 Å². The summed E-state index contributed by atoms with van der Waals surface area (Å²) in [4.78, 5) is 15.3. The van der Waals surface area contributed by atoms with E-state index in [2.05, 4.69) is 0 Å². The van der Waals surface area contributed by atoms with E-state index in [1.54, 1.807) is 0 Å². The van der Waals surface area contributed by atoms with Gasteiger partial charge >= 0.3 is 6.18 Å². The summed E-state index contributed by atoms with van der Waals surface area (Å²) < 4.78 is 39.4. The predicted molar refractivity (Wildman–Crippen MR) is 119 cm³/mol. The van der Waals surface area contributed by atoms with Gasteiger partial charge in [-0.1, -0.05) is 42.5 Å². The summed E-state index contributed by atoms with van der Waals surface area (Å²) in [6.07, 6.45) is 0.0970. The minimum absolute atomic E-state index is 0.0337. The first-order valence-corrected chi connectivity index (χ1v) is 11.5. The third-order valence-corrected chi connectivity index (χ3v) is 7.42. The number of halogens is 3. The first kappa shape index (κ1) is 23.8. The van der Waals surface area contributed by atoms with Crippen molar-refractivity contribution in [3.8, 4) is 0 Å². The van der Waals surface area contributed by atoms with Crippen molar-refractivity contribution in [2.75, 3.05) is 6.61 Å². The molecular weight excluding hydrogens is 431 g/mol. The van der Waals surface area contributed by atoms with Gasteiger partial charge in [-0.05, 0) is 68.7 Å². The van der Waals surface area contributed by atoms with Gasteiger partial charge in [0.15, 0.2) is 5.60 Å². The molecule has 0 saturated heterocycles. The van der Waals surface area contributed by atoms with Crippen LogP contribution in [0.2, 0.25) is 0 Å². The van der Waals surface area contributed by atoms with E-state index in [9.17, 15) is 28.2 Å². The predicted octanol–water partition coefficient (Wildman–Crippen LogP) is 4.93. The van der Waals surface area contributed by atoms with Crippen molar-refractivity contribution >= 4 is 5.91 Å². The van der Waals surface area contributed by atoms with Crippen molar-refractivity contribution in [1.29, 1.82) is 0 Å². The number of benzene rings is 2. The van der Waals surface area contributed by atoms with Gasteiger partial charge in [0.1, 0.15) is 0 Å². The topological polar surface area (TPSA) is 60.8 Å². The van der Waals surface area contributed by atoms with Gasteiger partial charge in [0.25, 0.3) is 5.91 Å². The first-order chi connectivity index (χ1) is 15.6. The van der Waals surface area contributed by atoms with Crippen LogP contribution in [0.25, 0.3) is 0 Å². The average Bonchev–Trinajstić information content (AvgIpc) is 3.65. The summed E-state index contributed by atoms with van der Waals surface area (Å²) >= 11 is 0. The van der Waals surface area contributed by atoms with Crippen LogP contribution in [-0.2, 0) is 11.0 Å². The Hall–Kier alpha value is -2.38. The zero-order chi connectivity index (χ0) is 23.9. The molecule has 2 aliphatic carbocycles. The molecule has 0 radical (unpaired) electrons. The first-order valence-electron chi connectivity index (χ1n) is 11.5. The molecule has 178 valence electrons. The lowest BCUT2D eigenvalue weighted by atomic mass is 9.68. The van der Waals surface area contributed by atoms with Gasteiger partial charge in [0.2, 0.25) is 0 Å². The van der Waals surface area contributed by atoms with Crippen LogP contribution in [0.3, 0.4) is 0 Å². The van der Waals surface area contributed by atoms with Crippen molar-refractivity contribution in [2.45, 2.75) is 74.7 Å². The van der Waals surface area contributed by atoms with Gasteiger partial charge in [-0.15, -0.1) is 0 Å². The minimum atomic E-state index is -4.81. The molecule has 0 unspecified atom stereocenters. The molecule has 0 bridgehead atoms. The number of carbonyl (C=O) groups is 1. The highest BCUT2D eigenvalue weighted by atomic mass is 19.4. The maximum atomic E-state index is 13.4. The molecule has 0 aromatic heterocycles. The van der Waals surface area contributed by atoms with E-state index >= 15 is 0 Å². The lowest BCUT2D eigenvalue weighted by Gasteiger charge is -2.43. The summed E-state index contributed by atoms with van der Waals surface area (Å²) in [7, 11) is 0. The molecule has 0 spiro atoms. The smallest absolute Gasteiger partial charge is 0.395 e. The van der Waals surface area contributed by atoms with E-state index in [-0.39, 0.29) is 35.6 Å². The Bertz CT molecular complexity index is 961. The number of hydrogen-bond donors (Lipinski definition) is 2. The SMILES string of the molecule is C[C@](O)(c1ccc(C(=O)N(C2CC2)[C@H]2CC[C@@](CO)(c3ccccc3)CC2)cc1)C(F)(F)F. The molecule has 7 heteroatoms. The molecule has 0 aliphatic heterocycles. The third kappa shape index (κ3) is 4.53. The van der Waals surface area contributed by atoms with E-state index in [4.69, 9.17) is 0 Å². The molecule has 2 aromatic rings. The van der Waals surface area contributed by atoms with Crippen LogP contribution < -0.4 is 0 Å². The van der Waals surface area contributed by atoms with Gasteiger partial charge in [0.05, 0.1) is 6.61 Å². The number of nitrogens with zero attached hydrogens (tertiary/aromatic N) is 1. The Balaban J connectivity index is 1.50. The van der Waals surface area contributed by atoms with E-state index in [1.807, 2.05) is 35.2 Å². The molecule has 33 heavy (non-hydrogen) atoms. The second-order valence-corrected chi connectivity index (χ2v) is 9.63. The van der Waals surface area contributed by atoms with E-state index in [1.165, 1.54) is 24.3 Å². The fraction of sp³-hybridized carbons (Fsp3) is 0.500. The lowest BCUT2D eigenvalue weighted by Crippen LogP contribution is -2.47. The molecule has 1 atom stereocenters. The zero-order valence-corrected chi connectivity index (χ0v) is 18.7. The van der Waals surface area contributed by atoms with Crippen molar-refractivity contribution in [3.63, 3.8) is 0 Å².